The lowest BCUT2D eigenvalue weighted by molar-refractivity contribution is -0.114. The van der Waals surface area contributed by atoms with Crippen LogP contribution in [0.1, 0.15) is 21.5 Å². The lowest BCUT2D eigenvalue weighted by Gasteiger charge is -2.30. The lowest BCUT2D eigenvalue weighted by Crippen LogP contribution is -2.34. The summed E-state index contributed by atoms with van der Waals surface area (Å²) in [6.45, 7) is 0.559. The Labute approximate surface area is 207 Å². The highest BCUT2D eigenvalue weighted by atomic mass is 32.2. The predicted octanol–water partition coefficient (Wildman–Crippen LogP) is 4.85. The van der Waals surface area contributed by atoms with Gasteiger partial charge >= 0.3 is 0 Å². The Kier molecular flexibility index (Phi) is 7.97. The number of halogens is 1. The molecule has 35 heavy (non-hydrogen) atoms. The van der Waals surface area contributed by atoms with Gasteiger partial charge in [-0.3, -0.25) is 9.59 Å². The van der Waals surface area contributed by atoms with Crippen LogP contribution in [0.15, 0.2) is 82.6 Å². The minimum Gasteiger partial charge on any atom is -0.354 e. The molecular weight excluding hydrogens is 467 g/mol. The van der Waals surface area contributed by atoms with Gasteiger partial charge in [-0.15, -0.1) is 0 Å². The average molecular weight is 493 g/mol. The minimum absolute atomic E-state index is 0.134. The van der Waals surface area contributed by atoms with Crippen molar-refractivity contribution < 1.29 is 23.5 Å². The van der Waals surface area contributed by atoms with Gasteiger partial charge in [0.1, 0.15) is 5.82 Å². The van der Waals surface area contributed by atoms with E-state index in [1.807, 2.05) is 30.3 Å². The normalized spacial score (nSPS) is 14.3. The quantitative estimate of drug-likeness (QED) is 0.360. The van der Waals surface area contributed by atoms with E-state index >= 15 is 0 Å². The first-order chi connectivity index (χ1) is 17.0. The van der Waals surface area contributed by atoms with E-state index in [1.54, 1.807) is 41.3 Å². The second kappa shape index (κ2) is 11.3. The van der Waals surface area contributed by atoms with Crippen molar-refractivity contribution >= 4 is 35.3 Å². The van der Waals surface area contributed by atoms with Gasteiger partial charge in [-0.1, -0.05) is 48.2 Å². The van der Waals surface area contributed by atoms with Gasteiger partial charge in [-0.25, -0.2) is 4.39 Å². The van der Waals surface area contributed by atoms with Crippen LogP contribution in [0.25, 0.3) is 6.08 Å². The molecular formula is C27H25FN2O4S. The molecule has 0 aliphatic carbocycles. The van der Waals surface area contributed by atoms with E-state index in [1.165, 1.54) is 38.1 Å². The molecule has 180 valence electrons. The Hall–Kier alpha value is -3.46. The monoisotopic (exact) mass is 492 g/mol. The molecule has 8 heteroatoms. The van der Waals surface area contributed by atoms with E-state index in [0.29, 0.717) is 17.0 Å². The molecule has 4 rings (SSSR count). The number of ether oxygens (including phenoxy) is 2. The number of methoxy groups -OCH3 is 2. The van der Waals surface area contributed by atoms with E-state index < -0.39 is 6.29 Å². The number of hydrogen-bond donors (Lipinski definition) is 1. The number of para-hydroxylation sites is 1. The second-order valence-corrected chi connectivity index (χ2v) is 8.91. The number of benzene rings is 3. The smallest absolute Gasteiger partial charge is 0.265 e. The molecule has 0 unspecified atom stereocenters. The molecule has 0 fully saturated rings. The number of carbonyl (C=O) groups excluding carboxylic acids is 2. The van der Waals surface area contributed by atoms with Gasteiger partial charge in [0.05, 0.1) is 23.7 Å². The van der Waals surface area contributed by atoms with Gasteiger partial charge in [0.15, 0.2) is 6.29 Å². The summed E-state index contributed by atoms with van der Waals surface area (Å²) in [5, 5.41) is 2.76. The van der Waals surface area contributed by atoms with Crippen molar-refractivity contribution in [2.75, 3.05) is 25.7 Å². The summed E-state index contributed by atoms with van der Waals surface area (Å²) in [5.41, 5.74) is 2.94. The molecule has 3 aromatic carbocycles. The van der Waals surface area contributed by atoms with E-state index in [2.05, 4.69) is 5.32 Å². The Morgan fingerprint density at radius 1 is 1.03 bits per heavy atom. The zero-order chi connectivity index (χ0) is 24.8. The van der Waals surface area contributed by atoms with Crippen LogP contribution >= 0.6 is 11.8 Å². The summed E-state index contributed by atoms with van der Waals surface area (Å²) in [6, 6.07) is 20.9. The van der Waals surface area contributed by atoms with Crippen LogP contribution in [0, 0.1) is 5.82 Å². The molecule has 6 nitrogen and oxygen atoms in total. The number of rotatable bonds is 8. The molecule has 0 atom stereocenters. The maximum Gasteiger partial charge on any atom is 0.265 e. The molecule has 1 heterocycles. The summed E-state index contributed by atoms with van der Waals surface area (Å²) in [7, 11) is 3.01. The fraction of sp³-hybridized carbons (Fsp3) is 0.185. The second-order valence-electron chi connectivity index (χ2n) is 7.83. The van der Waals surface area contributed by atoms with Crippen molar-refractivity contribution in [3.8, 4) is 0 Å². The summed E-state index contributed by atoms with van der Waals surface area (Å²) < 4.78 is 23.5. The van der Waals surface area contributed by atoms with Crippen molar-refractivity contribution in [3.63, 3.8) is 0 Å². The van der Waals surface area contributed by atoms with Gasteiger partial charge in [-0.2, -0.15) is 0 Å². The Balaban J connectivity index is 1.53. The fourth-order valence-electron chi connectivity index (χ4n) is 3.61. The van der Waals surface area contributed by atoms with Crippen molar-refractivity contribution in [1.29, 1.82) is 0 Å². The first kappa shape index (κ1) is 24.7. The largest absolute Gasteiger partial charge is 0.354 e. The molecule has 2 amide bonds. The Morgan fingerprint density at radius 3 is 2.40 bits per heavy atom. The van der Waals surface area contributed by atoms with Gasteiger partial charge in [0.2, 0.25) is 0 Å². The molecule has 0 saturated heterocycles. The number of carbonyl (C=O) groups is 2. The molecule has 0 bridgehead atoms. The summed E-state index contributed by atoms with van der Waals surface area (Å²) in [5.74, 6) is -0.694. The standard InChI is InChI=1S/C27H25FN2O4S/c1-33-25(34-2)16-29-26(31)20-11-7-18(8-12-20)15-24-27(32)30(17-19-9-13-21(28)14-10-19)22-5-3-4-6-23(22)35-24/h3-15,25H,16-17H2,1-2H3,(H,29,31)/b24-15-. The third-order valence-corrected chi connectivity index (χ3v) is 6.59. The van der Waals surface area contributed by atoms with E-state index in [-0.39, 0.29) is 24.2 Å². The SMILES string of the molecule is COC(CNC(=O)c1ccc(/C=C2\Sc3ccccc3N(Cc3ccc(F)cc3)C2=O)cc1)OC. The summed E-state index contributed by atoms with van der Waals surface area (Å²) in [4.78, 5) is 29.0. The number of anilines is 1. The summed E-state index contributed by atoms with van der Waals surface area (Å²) in [6.07, 6.45) is 1.30. The predicted molar refractivity (Wildman–Crippen MR) is 134 cm³/mol. The van der Waals surface area contributed by atoms with Crippen LogP contribution in [0.3, 0.4) is 0 Å². The average Bonchev–Trinajstić information content (AvgIpc) is 2.88. The molecule has 0 saturated carbocycles. The highest BCUT2D eigenvalue weighted by molar-refractivity contribution is 8.04. The highest BCUT2D eigenvalue weighted by Gasteiger charge is 2.29. The van der Waals surface area contributed by atoms with Crippen LogP contribution in [0.2, 0.25) is 0 Å². The van der Waals surface area contributed by atoms with Crippen LogP contribution in [-0.4, -0.2) is 38.9 Å². The number of thioether (sulfide) groups is 1. The molecule has 0 aromatic heterocycles. The molecule has 0 spiro atoms. The zero-order valence-electron chi connectivity index (χ0n) is 19.4. The van der Waals surface area contributed by atoms with Gasteiger partial charge in [-0.05, 0) is 53.6 Å². The number of nitrogens with one attached hydrogen (secondary N) is 1. The molecule has 0 radical (unpaired) electrons. The van der Waals surface area contributed by atoms with E-state index in [0.717, 1.165) is 21.7 Å². The van der Waals surface area contributed by atoms with Crippen molar-refractivity contribution in [2.45, 2.75) is 17.7 Å². The van der Waals surface area contributed by atoms with Crippen molar-refractivity contribution in [2.24, 2.45) is 0 Å². The fourth-order valence-corrected chi connectivity index (χ4v) is 4.67. The Bertz CT molecular complexity index is 1220. The first-order valence-corrected chi connectivity index (χ1v) is 11.8. The van der Waals surface area contributed by atoms with Gasteiger partial charge in [0, 0.05) is 24.7 Å². The van der Waals surface area contributed by atoms with E-state index in [4.69, 9.17) is 9.47 Å². The van der Waals surface area contributed by atoms with Crippen LogP contribution in [0.5, 0.6) is 0 Å². The van der Waals surface area contributed by atoms with Crippen LogP contribution in [0.4, 0.5) is 10.1 Å². The van der Waals surface area contributed by atoms with Crippen molar-refractivity contribution in [1.82, 2.24) is 5.32 Å². The van der Waals surface area contributed by atoms with Crippen LogP contribution in [-0.2, 0) is 20.8 Å². The maximum atomic E-state index is 13.4. The number of fused-ring (bicyclic) bond motifs is 1. The topological polar surface area (TPSA) is 67.9 Å². The first-order valence-electron chi connectivity index (χ1n) is 11.0. The minimum atomic E-state index is -0.516. The summed E-state index contributed by atoms with van der Waals surface area (Å²) >= 11 is 1.41. The number of hydrogen-bond acceptors (Lipinski definition) is 5. The molecule has 1 N–H and O–H groups in total. The lowest BCUT2D eigenvalue weighted by atomic mass is 10.1. The van der Waals surface area contributed by atoms with Crippen molar-refractivity contribution in [3.05, 3.63) is 100 Å². The van der Waals surface area contributed by atoms with Gasteiger partial charge in [0.25, 0.3) is 11.8 Å². The highest BCUT2D eigenvalue weighted by Crippen LogP contribution is 2.42. The third kappa shape index (κ3) is 5.97. The molecule has 3 aromatic rings. The van der Waals surface area contributed by atoms with E-state index in [9.17, 15) is 14.0 Å². The zero-order valence-corrected chi connectivity index (χ0v) is 20.2. The molecule has 1 aliphatic heterocycles. The molecule has 1 aliphatic rings. The van der Waals surface area contributed by atoms with Gasteiger partial charge < -0.3 is 19.7 Å². The van der Waals surface area contributed by atoms with Crippen LogP contribution < -0.4 is 10.2 Å². The number of amides is 2. The maximum absolute atomic E-state index is 13.4. The Morgan fingerprint density at radius 2 is 1.71 bits per heavy atom. The number of nitrogens with zero attached hydrogens (tertiary/aromatic N) is 1. The third-order valence-electron chi connectivity index (χ3n) is 5.51.